The average Bonchev–Trinajstić information content (AvgIpc) is 2.57. The minimum Gasteiger partial charge on any atom is -0.355 e. The summed E-state index contributed by atoms with van der Waals surface area (Å²) < 4.78 is 29.6. The van der Waals surface area contributed by atoms with E-state index in [4.69, 9.17) is 4.55 Å². The van der Waals surface area contributed by atoms with Gasteiger partial charge in [-0.1, -0.05) is 56.2 Å². The zero-order chi connectivity index (χ0) is 19.5. The lowest BCUT2D eigenvalue weighted by atomic mass is 10.1. The third kappa shape index (κ3) is 20.6. The van der Waals surface area contributed by atoms with Crippen molar-refractivity contribution >= 4 is 16.0 Å². The average molecular weight is 386 g/mol. The number of hydrogen-bond donors (Lipinski definition) is 2. The molecular formula is C20H35NO4S. The molecule has 0 saturated heterocycles. The molecule has 0 aliphatic carbocycles. The minimum absolute atomic E-state index is 0.0438. The number of carbonyl (C=O) groups excluding carboxylic acids is 1. The second-order valence-electron chi connectivity index (χ2n) is 6.26. The summed E-state index contributed by atoms with van der Waals surface area (Å²) in [5, 5.41) is 2.48. The van der Waals surface area contributed by atoms with Gasteiger partial charge in [0, 0.05) is 13.0 Å². The number of unbranched alkanes of at least 4 members (excludes halogenated alkanes) is 5. The lowest BCUT2D eigenvalue weighted by Crippen LogP contribution is -2.28. The van der Waals surface area contributed by atoms with Gasteiger partial charge in [-0.15, -0.1) is 0 Å². The molecule has 0 rings (SSSR count). The topological polar surface area (TPSA) is 83.5 Å². The van der Waals surface area contributed by atoms with E-state index >= 15 is 0 Å². The summed E-state index contributed by atoms with van der Waals surface area (Å²) in [6.07, 6.45) is 23.0. The first kappa shape index (κ1) is 24.6. The third-order valence-corrected chi connectivity index (χ3v) is 4.45. The summed E-state index contributed by atoms with van der Waals surface area (Å²) in [6, 6.07) is 0. The van der Waals surface area contributed by atoms with Gasteiger partial charge in [0.1, 0.15) is 0 Å². The highest BCUT2D eigenvalue weighted by Gasteiger charge is 2.05. The normalized spacial score (nSPS) is 12.5. The maximum absolute atomic E-state index is 11.4. The Morgan fingerprint density at radius 1 is 0.885 bits per heavy atom. The van der Waals surface area contributed by atoms with Gasteiger partial charge >= 0.3 is 0 Å². The lowest BCUT2D eigenvalue weighted by molar-refractivity contribution is -0.121. The smallest absolute Gasteiger partial charge is 0.266 e. The zero-order valence-corrected chi connectivity index (χ0v) is 16.8. The molecule has 0 spiro atoms. The van der Waals surface area contributed by atoms with E-state index in [2.05, 4.69) is 48.7 Å². The molecule has 0 aromatic heterocycles. The fourth-order valence-electron chi connectivity index (χ4n) is 2.25. The van der Waals surface area contributed by atoms with Crippen LogP contribution in [0.2, 0.25) is 0 Å². The van der Waals surface area contributed by atoms with E-state index in [1.165, 1.54) is 25.7 Å². The van der Waals surface area contributed by atoms with Gasteiger partial charge in [0.25, 0.3) is 10.1 Å². The van der Waals surface area contributed by atoms with Crippen LogP contribution in [-0.4, -0.2) is 31.2 Å². The van der Waals surface area contributed by atoms with Crippen LogP contribution in [0.15, 0.2) is 36.5 Å². The summed E-state index contributed by atoms with van der Waals surface area (Å²) in [7, 11) is -4.00. The SMILES string of the molecule is CCCCC/C=C/C/C=C/C/C=C/CCCCC(=O)NCCS(=O)(=O)O. The Morgan fingerprint density at radius 2 is 1.42 bits per heavy atom. The molecule has 150 valence electrons. The van der Waals surface area contributed by atoms with E-state index in [0.717, 1.165) is 32.1 Å². The van der Waals surface area contributed by atoms with Gasteiger partial charge in [-0.25, -0.2) is 0 Å². The molecule has 0 saturated carbocycles. The van der Waals surface area contributed by atoms with Crippen LogP contribution >= 0.6 is 0 Å². The maximum Gasteiger partial charge on any atom is 0.266 e. The van der Waals surface area contributed by atoms with Gasteiger partial charge in [0.05, 0.1) is 5.75 Å². The quantitative estimate of drug-likeness (QED) is 0.231. The molecule has 0 atom stereocenters. The Bertz CT molecular complexity index is 536. The molecule has 1 amide bonds. The zero-order valence-electron chi connectivity index (χ0n) is 16.0. The fraction of sp³-hybridized carbons (Fsp3) is 0.650. The number of rotatable bonds is 16. The van der Waals surface area contributed by atoms with Crippen molar-refractivity contribution in [3.63, 3.8) is 0 Å². The van der Waals surface area contributed by atoms with Crippen LogP contribution in [0.3, 0.4) is 0 Å². The molecule has 0 unspecified atom stereocenters. The summed E-state index contributed by atoms with van der Waals surface area (Å²) in [5.41, 5.74) is 0. The van der Waals surface area contributed by atoms with E-state index in [9.17, 15) is 13.2 Å². The van der Waals surface area contributed by atoms with Gasteiger partial charge in [-0.05, 0) is 44.9 Å². The largest absolute Gasteiger partial charge is 0.355 e. The second-order valence-corrected chi connectivity index (χ2v) is 7.84. The molecule has 0 radical (unpaired) electrons. The van der Waals surface area contributed by atoms with Gasteiger partial charge in [0.15, 0.2) is 0 Å². The Balaban J connectivity index is 3.47. The number of hydrogen-bond acceptors (Lipinski definition) is 3. The van der Waals surface area contributed by atoms with Gasteiger partial charge in [-0.3, -0.25) is 9.35 Å². The molecule has 0 aromatic carbocycles. The highest BCUT2D eigenvalue weighted by atomic mass is 32.2. The minimum atomic E-state index is -4.00. The van der Waals surface area contributed by atoms with Crippen molar-refractivity contribution in [1.82, 2.24) is 5.32 Å². The van der Waals surface area contributed by atoms with Crippen LogP contribution in [0.4, 0.5) is 0 Å². The van der Waals surface area contributed by atoms with E-state index in [0.29, 0.717) is 6.42 Å². The van der Waals surface area contributed by atoms with Crippen LogP contribution in [0, 0.1) is 0 Å². The van der Waals surface area contributed by atoms with Crippen LogP contribution < -0.4 is 5.32 Å². The van der Waals surface area contributed by atoms with Gasteiger partial charge in [-0.2, -0.15) is 8.42 Å². The summed E-state index contributed by atoms with van der Waals surface area (Å²) in [5.74, 6) is -0.618. The van der Waals surface area contributed by atoms with Crippen molar-refractivity contribution in [1.29, 1.82) is 0 Å². The van der Waals surface area contributed by atoms with Crippen molar-refractivity contribution in [2.24, 2.45) is 0 Å². The van der Waals surface area contributed by atoms with E-state index in [1.54, 1.807) is 0 Å². The van der Waals surface area contributed by atoms with Gasteiger partial charge < -0.3 is 5.32 Å². The van der Waals surface area contributed by atoms with Crippen LogP contribution in [-0.2, 0) is 14.9 Å². The lowest BCUT2D eigenvalue weighted by Gasteiger charge is -2.03. The predicted molar refractivity (Wildman–Crippen MR) is 109 cm³/mol. The van der Waals surface area contributed by atoms with E-state index < -0.39 is 15.9 Å². The third-order valence-electron chi connectivity index (χ3n) is 3.73. The summed E-state index contributed by atoms with van der Waals surface area (Å²) in [4.78, 5) is 11.4. The van der Waals surface area contributed by atoms with Gasteiger partial charge in [0.2, 0.25) is 5.91 Å². The maximum atomic E-state index is 11.4. The molecule has 0 aromatic rings. The molecule has 2 N–H and O–H groups in total. The number of amides is 1. The molecule has 0 bridgehead atoms. The Kier molecular flexibility index (Phi) is 16.1. The Morgan fingerprint density at radius 3 is 1.96 bits per heavy atom. The first-order valence-electron chi connectivity index (χ1n) is 9.62. The first-order chi connectivity index (χ1) is 12.5. The number of carbonyl (C=O) groups is 1. The molecule has 6 heteroatoms. The number of nitrogens with one attached hydrogen (secondary N) is 1. The summed E-state index contributed by atoms with van der Waals surface area (Å²) in [6.45, 7) is 2.17. The van der Waals surface area contributed by atoms with Crippen molar-refractivity contribution in [3.8, 4) is 0 Å². The molecule has 0 fully saturated rings. The molecule has 5 nitrogen and oxygen atoms in total. The number of allylic oxidation sites excluding steroid dienone is 6. The molecule has 0 heterocycles. The summed E-state index contributed by atoms with van der Waals surface area (Å²) >= 11 is 0. The fourth-order valence-corrected chi connectivity index (χ4v) is 2.61. The van der Waals surface area contributed by atoms with E-state index in [1.807, 2.05) is 0 Å². The highest BCUT2D eigenvalue weighted by molar-refractivity contribution is 7.85. The molecule has 0 aliphatic heterocycles. The standard InChI is InChI=1S/C20H35NO4S/c1-2-3-4-5-6-7-8-9-10-11-12-13-14-15-16-17-20(22)21-18-19-26(23,24)25/h6-7,9-10,12-13H,2-5,8,11,14-19H2,1H3,(H,21,22)(H,23,24,25)/b7-6+,10-9+,13-12+. The van der Waals surface area contributed by atoms with E-state index in [-0.39, 0.29) is 12.5 Å². The van der Waals surface area contributed by atoms with Crippen LogP contribution in [0.25, 0.3) is 0 Å². The van der Waals surface area contributed by atoms with Crippen LogP contribution in [0.5, 0.6) is 0 Å². The predicted octanol–water partition coefficient (Wildman–Crippen LogP) is 4.58. The molecule has 0 aliphatic rings. The molecule has 26 heavy (non-hydrogen) atoms. The second kappa shape index (κ2) is 17.0. The Labute approximate surface area is 159 Å². The van der Waals surface area contributed by atoms with Crippen molar-refractivity contribution < 1.29 is 17.8 Å². The monoisotopic (exact) mass is 385 g/mol. The van der Waals surface area contributed by atoms with Crippen LogP contribution in [0.1, 0.15) is 71.1 Å². The molecular weight excluding hydrogens is 350 g/mol. The highest BCUT2D eigenvalue weighted by Crippen LogP contribution is 2.03. The Hall–Kier alpha value is -1.40. The first-order valence-corrected chi connectivity index (χ1v) is 11.2. The van der Waals surface area contributed by atoms with Crippen molar-refractivity contribution in [3.05, 3.63) is 36.5 Å². The van der Waals surface area contributed by atoms with Crippen molar-refractivity contribution in [2.45, 2.75) is 71.1 Å². The van der Waals surface area contributed by atoms with Crippen molar-refractivity contribution in [2.75, 3.05) is 12.3 Å².